The van der Waals surface area contributed by atoms with Crippen molar-refractivity contribution in [1.82, 2.24) is 24.9 Å². The third-order valence-electron chi connectivity index (χ3n) is 6.58. The van der Waals surface area contributed by atoms with Crippen LogP contribution in [-0.4, -0.2) is 49.5 Å². The highest BCUT2D eigenvalue weighted by molar-refractivity contribution is 6.05. The van der Waals surface area contributed by atoms with Gasteiger partial charge in [0, 0.05) is 31.4 Å². The van der Waals surface area contributed by atoms with E-state index in [0.29, 0.717) is 25.1 Å². The number of rotatable bonds is 6. The van der Waals surface area contributed by atoms with Gasteiger partial charge in [0.15, 0.2) is 11.6 Å². The molecule has 1 N–H and O–H groups in total. The van der Waals surface area contributed by atoms with Gasteiger partial charge in [-0.3, -0.25) is 4.79 Å². The molecule has 3 aliphatic rings. The number of nitrogens with zero attached hydrogens (tertiary/aromatic N) is 7. The number of aromatic nitrogens is 5. The first kappa shape index (κ1) is 23.4. The van der Waals surface area contributed by atoms with Crippen LogP contribution in [0.15, 0.2) is 30.7 Å². The molecule has 1 aliphatic carbocycles. The molecule has 6 rings (SSSR count). The summed E-state index contributed by atoms with van der Waals surface area (Å²) in [5.41, 5.74) is 2.56. The summed E-state index contributed by atoms with van der Waals surface area (Å²) in [6, 6.07) is 3.47. The topological polar surface area (TPSA) is 109 Å². The van der Waals surface area contributed by atoms with Crippen molar-refractivity contribution in [3.8, 4) is 11.6 Å². The fourth-order valence-corrected chi connectivity index (χ4v) is 4.70. The molecule has 1 amide bonds. The second kappa shape index (κ2) is 8.82. The first-order chi connectivity index (χ1) is 17.8. The normalized spacial score (nSPS) is 19.0. The lowest BCUT2D eigenvalue weighted by molar-refractivity contribution is -0.145. The smallest absolute Gasteiger partial charge is 0.436 e. The second-order valence-corrected chi connectivity index (χ2v) is 9.27. The van der Waals surface area contributed by atoms with E-state index in [4.69, 9.17) is 14.7 Å². The van der Waals surface area contributed by atoms with E-state index in [9.17, 15) is 18.0 Å². The molecule has 1 fully saturated rings. The summed E-state index contributed by atoms with van der Waals surface area (Å²) in [6.45, 7) is 3.03. The lowest BCUT2D eigenvalue weighted by Gasteiger charge is -2.43. The van der Waals surface area contributed by atoms with Crippen LogP contribution in [0.5, 0.6) is 11.6 Å². The molecule has 0 spiro atoms. The Hall–Kier alpha value is -4.03. The molecule has 5 heterocycles. The summed E-state index contributed by atoms with van der Waals surface area (Å²) in [5.74, 6) is 0.431. The minimum absolute atomic E-state index is 0.0461. The molecule has 3 aromatic heterocycles. The highest BCUT2D eigenvalue weighted by Gasteiger charge is 2.45. The van der Waals surface area contributed by atoms with Crippen molar-refractivity contribution in [1.29, 1.82) is 0 Å². The Balaban J connectivity index is 1.16. The lowest BCUT2D eigenvalue weighted by Crippen LogP contribution is -2.55. The van der Waals surface area contributed by atoms with Gasteiger partial charge in [0.1, 0.15) is 11.7 Å². The third kappa shape index (κ3) is 4.49. The Kier molecular flexibility index (Phi) is 5.57. The summed E-state index contributed by atoms with van der Waals surface area (Å²) in [6.07, 6.45) is 2.64. The van der Waals surface area contributed by atoms with Gasteiger partial charge in [-0.25, -0.2) is 19.9 Å². The Labute approximate surface area is 209 Å². The Morgan fingerprint density at radius 1 is 1.11 bits per heavy atom. The van der Waals surface area contributed by atoms with Crippen molar-refractivity contribution in [3.63, 3.8) is 0 Å². The highest BCUT2D eigenvalue weighted by Crippen LogP contribution is 2.45. The fraction of sp³-hybridized carbons (Fsp3) is 0.417. The first-order valence-corrected chi connectivity index (χ1v) is 12.0. The van der Waals surface area contributed by atoms with Gasteiger partial charge >= 0.3 is 6.18 Å². The maximum absolute atomic E-state index is 13.0. The van der Waals surface area contributed by atoms with E-state index in [2.05, 4.69) is 25.2 Å². The molecule has 0 aromatic carbocycles. The zero-order valence-electron chi connectivity index (χ0n) is 19.9. The SMILES string of the molecule is C[C@H]1C(=O)N2CCCc3nc(NCc4ccc(Oc5cnc(C(F)(F)F)nc5)nc4)nc(c32)N1C1CC1. The Morgan fingerprint density at radius 2 is 1.89 bits per heavy atom. The van der Waals surface area contributed by atoms with Crippen LogP contribution in [0.3, 0.4) is 0 Å². The van der Waals surface area contributed by atoms with E-state index in [-0.39, 0.29) is 23.6 Å². The Bertz CT molecular complexity index is 1330. The number of hydrogen-bond acceptors (Lipinski definition) is 9. The van der Waals surface area contributed by atoms with Crippen LogP contribution in [0.2, 0.25) is 0 Å². The zero-order valence-corrected chi connectivity index (χ0v) is 19.9. The molecule has 1 saturated carbocycles. The van der Waals surface area contributed by atoms with E-state index >= 15 is 0 Å². The highest BCUT2D eigenvalue weighted by atomic mass is 19.4. The summed E-state index contributed by atoms with van der Waals surface area (Å²) in [5, 5.41) is 3.26. The number of amides is 1. The van der Waals surface area contributed by atoms with Gasteiger partial charge in [0.2, 0.25) is 23.6 Å². The number of alkyl halides is 3. The molecular formula is C24H23F3N8O2. The molecule has 0 bridgehead atoms. The van der Waals surface area contributed by atoms with Gasteiger partial charge in [-0.05, 0) is 38.2 Å². The number of aryl methyl sites for hydroxylation is 1. The van der Waals surface area contributed by atoms with Crippen molar-refractivity contribution >= 4 is 23.4 Å². The molecule has 1 atom stereocenters. The largest absolute Gasteiger partial charge is 0.451 e. The maximum Gasteiger partial charge on any atom is 0.451 e. The maximum atomic E-state index is 13.0. The van der Waals surface area contributed by atoms with Crippen LogP contribution < -0.4 is 19.9 Å². The average Bonchev–Trinajstić information content (AvgIpc) is 3.72. The number of pyridine rings is 1. The van der Waals surface area contributed by atoms with E-state index in [1.54, 1.807) is 18.3 Å². The van der Waals surface area contributed by atoms with Crippen LogP contribution in [0, 0.1) is 0 Å². The molecule has 13 heteroatoms. The number of ether oxygens (including phenoxy) is 1. The Morgan fingerprint density at radius 3 is 2.57 bits per heavy atom. The van der Waals surface area contributed by atoms with Gasteiger partial charge in [-0.15, -0.1) is 0 Å². The quantitative estimate of drug-likeness (QED) is 0.528. The molecular weight excluding hydrogens is 489 g/mol. The summed E-state index contributed by atoms with van der Waals surface area (Å²) in [7, 11) is 0. The van der Waals surface area contributed by atoms with Gasteiger partial charge in [-0.1, -0.05) is 6.07 Å². The monoisotopic (exact) mass is 512 g/mol. The molecule has 3 aromatic rings. The van der Waals surface area contributed by atoms with E-state index < -0.39 is 12.0 Å². The van der Waals surface area contributed by atoms with E-state index in [0.717, 1.165) is 60.8 Å². The predicted molar refractivity (Wildman–Crippen MR) is 126 cm³/mol. The average molecular weight is 512 g/mol. The molecule has 37 heavy (non-hydrogen) atoms. The van der Waals surface area contributed by atoms with Crippen molar-refractivity contribution in [2.24, 2.45) is 0 Å². The number of hydrogen-bond donors (Lipinski definition) is 1. The van der Waals surface area contributed by atoms with Crippen LogP contribution >= 0.6 is 0 Å². The number of halogens is 3. The molecule has 0 unspecified atom stereocenters. The number of anilines is 3. The fourth-order valence-electron chi connectivity index (χ4n) is 4.70. The lowest BCUT2D eigenvalue weighted by atomic mass is 10.0. The van der Waals surface area contributed by atoms with Crippen molar-refractivity contribution in [3.05, 3.63) is 47.8 Å². The van der Waals surface area contributed by atoms with Crippen molar-refractivity contribution in [2.45, 2.75) is 57.4 Å². The summed E-state index contributed by atoms with van der Waals surface area (Å²) < 4.78 is 43.3. The zero-order chi connectivity index (χ0) is 25.7. The van der Waals surface area contributed by atoms with Gasteiger partial charge in [-0.2, -0.15) is 18.2 Å². The minimum atomic E-state index is -4.61. The van der Waals surface area contributed by atoms with Crippen LogP contribution in [0.1, 0.15) is 43.3 Å². The predicted octanol–water partition coefficient (Wildman–Crippen LogP) is 3.73. The minimum Gasteiger partial charge on any atom is -0.436 e. The van der Waals surface area contributed by atoms with Crippen LogP contribution in [-0.2, 0) is 23.9 Å². The summed E-state index contributed by atoms with van der Waals surface area (Å²) >= 11 is 0. The number of nitrogens with one attached hydrogen (secondary N) is 1. The van der Waals surface area contributed by atoms with E-state index in [1.165, 1.54) is 0 Å². The molecule has 192 valence electrons. The molecule has 0 saturated heterocycles. The number of carbonyl (C=O) groups is 1. The first-order valence-electron chi connectivity index (χ1n) is 12.0. The standard InChI is InChI=1S/C24H23F3N8O2/c1-13-21(36)34-8-2-3-17-19(34)20(35(13)15-5-6-15)33-23(32-17)31-10-14-4-7-18(28-9-14)37-16-11-29-22(30-12-16)24(25,26)27/h4,7,9,11-13,15H,2-3,5-6,8,10H2,1H3,(H,31,32,33)/t13-/m0/s1. The summed E-state index contributed by atoms with van der Waals surface area (Å²) in [4.78, 5) is 37.3. The van der Waals surface area contributed by atoms with Crippen LogP contribution in [0.25, 0.3) is 0 Å². The van der Waals surface area contributed by atoms with E-state index in [1.807, 2.05) is 11.8 Å². The molecule has 10 nitrogen and oxygen atoms in total. The van der Waals surface area contributed by atoms with Gasteiger partial charge in [0.05, 0.1) is 18.1 Å². The van der Waals surface area contributed by atoms with Gasteiger partial charge in [0.25, 0.3) is 0 Å². The van der Waals surface area contributed by atoms with Crippen molar-refractivity contribution < 1.29 is 22.7 Å². The van der Waals surface area contributed by atoms with Gasteiger partial charge < -0.3 is 19.9 Å². The third-order valence-corrected chi connectivity index (χ3v) is 6.58. The molecule has 0 radical (unpaired) electrons. The van der Waals surface area contributed by atoms with Crippen LogP contribution in [0.4, 0.5) is 30.6 Å². The second-order valence-electron chi connectivity index (χ2n) is 9.27. The van der Waals surface area contributed by atoms with Crippen molar-refractivity contribution in [2.75, 3.05) is 21.7 Å². The molecule has 2 aliphatic heterocycles. The number of carbonyl (C=O) groups excluding carboxylic acids is 1.